The first-order valence-corrected chi connectivity index (χ1v) is 8.79. The summed E-state index contributed by atoms with van der Waals surface area (Å²) in [7, 11) is 0. The highest BCUT2D eigenvalue weighted by molar-refractivity contribution is 5.26. The van der Waals surface area contributed by atoms with Gasteiger partial charge in [0.1, 0.15) is 5.82 Å². The maximum Gasteiger partial charge on any atom is 0.128 e. The van der Waals surface area contributed by atoms with Crippen LogP contribution < -0.4 is 5.32 Å². The van der Waals surface area contributed by atoms with E-state index >= 15 is 0 Å². The first-order chi connectivity index (χ1) is 12.0. The second kappa shape index (κ2) is 9.66. The van der Waals surface area contributed by atoms with Crippen LogP contribution in [0.1, 0.15) is 49.4 Å². The fourth-order valence-electron chi connectivity index (χ4n) is 2.58. The molecule has 0 aromatic heterocycles. The van der Waals surface area contributed by atoms with E-state index in [0.29, 0.717) is 18.0 Å². The fraction of sp³-hybridized carbons (Fsp3) is 0.429. The summed E-state index contributed by atoms with van der Waals surface area (Å²) in [6, 6.07) is 15.2. The van der Waals surface area contributed by atoms with Gasteiger partial charge in [0.15, 0.2) is 0 Å². The van der Waals surface area contributed by atoms with Crippen molar-refractivity contribution in [3.63, 3.8) is 0 Å². The summed E-state index contributed by atoms with van der Waals surface area (Å²) in [4.78, 5) is 0. The molecular weight excluding hydrogens is 317 g/mol. The van der Waals surface area contributed by atoms with Gasteiger partial charge in [0.25, 0.3) is 0 Å². The zero-order valence-electron chi connectivity index (χ0n) is 15.2. The molecule has 2 N–H and O–H groups in total. The van der Waals surface area contributed by atoms with Crippen LogP contribution in [0.4, 0.5) is 4.39 Å². The zero-order valence-corrected chi connectivity index (χ0v) is 15.2. The average Bonchev–Trinajstić information content (AvgIpc) is 2.61. The van der Waals surface area contributed by atoms with Gasteiger partial charge in [0.2, 0.25) is 0 Å². The van der Waals surface area contributed by atoms with E-state index < -0.39 is 6.10 Å². The van der Waals surface area contributed by atoms with Crippen molar-refractivity contribution < 1.29 is 14.2 Å². The summed E-state index contributed by atoms with van der Waals surface area (Å²) in [5, 5.41) is 13.3. The highest BCUT2D eigenvalue weighted by Gasteiger charge is 2.10. The summed E-state index contributed by atoms with van der Waals surface area (Å²) < 4.78 is 18.9. The Bertz CT molecular complexity index is 643. The van der Waals surface area contributed by atoms with Gasteiger partial charge in [0.05, 0.1) is 19.3 Å². The van der Waals surface area contributed by atoms with Gasteiger partial charge in [-0.3, -0.25) is 0 Å². The molecule has 3 nitrogen and oxygen atoms in total. The lowest BCUT2D eigenvalue weighted by Gasteiger charge is -2.18. The molecule has 0 bridgehead atoms. The molecule has 2 atom stereocenters. The Kier molecular flexibility index (Phi) is 7.56. The highest BCUT2D eigenvalue weighted by Crippen LogP contribution is 2.18. The minimum atomic E-state index is -0.635. The second-order valence-corrected chi connectivity index (χ2v) is 6.71. The quantitative estimate of drug-likeness (QED) is 0.716. The number of halogens is 1. The number of hydrogen-bond acceptors (Lipinski definition) is 3. The smallest absolute Gasteiger partial charge is 0.128 e. The molecule has 0 fully saturated rings. The van der Waals surface area contributed by atoms with E-state index in [1.54, 1.807) is 18.2 Å². The van der Waals surface area contributed by atoms with E-state index in [1.807, 2.05) is 0 Å². The Morgan fingerprint density at radius 1 is 1.00 bits per heavy atom. The lowest BCUT2D eigenvalue weighted by molar-refractivity contribution is 0.0268. The largest absolute Gasteiger partial charge is 0.389 e. The third-order valence-electron chi connectivity index (χ3n) is 4.29. The van der Waals surface area contributed by atoms with Crippen molar-refractivity contribution in [1.82, 2.24) is 5.32 Å². The van der Waals surface area contributed by atoms with Gasteiger partial charge in [-0.25, -0.2) is 4.39 Å². The number of ether oxygens (including phenoxy) is 1. The lowest BCUT2D eigenvalue weighted by Crippen LogP contribution is -2.32. The minimum absolute atomic E-state index is 0.141. The molecule has 4 heteroatoms. The first kappa shape index (κ1) is 19.6. The van der Waals surface area contributed by atoms with E-state index in [1.165, 1.54) is 17.2 Å². The lowest BCUT2D eigenvalue weighted by atomic mass is 9.99. The van der Waals surface area contributed by atoms with Crippen LogP contribution in [0.2, 0.25) is 0 Å². The summed E-state index contributed by atoms with van der Waals surface area (Å²) in [6.45, 7) is 7.17. The van der Waals surface area contributed by atoms with Crippen LogP contribution >= 0.6 is 0 Å². The molecule has 0 heterocycles. The number of hydrogen-bond donors (Lipinski definition) is 2. The SMILES string of the molecule is CC(C)c1ccc(C(C)NCC(O)COCc2ccccc2F)cc1. The number of benzene rings is 2. The van der Waals surface area contributed by atoms with Crippen molar-refractivity contribution in [2.24, 2.45) is 0 Å². The maximum absolute atomic E-state index is 13.5. The highest BCUT2D eigenvalue weighted by atomic mass is 19.1. The summed E-state index contributed by atoms with van der Waals surface area (Å²) in [6.07, 6.45) is -0.635. The molecule has 0 radical (unpaired) electrons. The van der Waals surface area contributed by atoms with Gasteiger partial charge >= 0.3 is 0 Å². The normalized spacial score (nSPS) is 13.8. The van der Waals surface area contributed by atoms with E-state index in [0.717, 1.165) is 0 Å². The van der Waals surface area contributed by atoms with Crippen LogP contribution in [0, 0.1) is 5.82 Å². The van der Waals surface area contributed by atoms with Crippen molar-refractivity contribution in [1.29, 1.82) is 0 Å². The Hall–Kier alpha value is -1.75. The van der Waals surface area contributed by atoms with Gasteiger partial charge < -0.3 is 15.2 Å². The Morgan fingerprint density at radius 2 is 1.64 bits per heavy atom. The van der Waals surface area contributed by atoms with Gasteiger partial charge in [-0.1, -0.05) is 56.3 Å². The number of nitrogens with one attached hydrogen (secondary N) is 1. The van der Waals surface area contributed by atoms with Crippen molar-refractivity contribution in [2.45, 2.75) is 45.4 Å². The predicted molar refractivity (Wildman–Crippen MR) is 99.0 cm³/mol. The Morgan fingerprint density at radius 3 is 2.28 bits per heavy atom. The number of rotatable bonds is 9. The monoisotopic (exact) mass is 345 g/mol. The van der Waals surface area contributed by atoms with Crippen LogP contribution in [-0.2, 0) is 11.3 Å². The van der Waals surface area contributed by atoms with Gasteiger partial charge in [-0.15, -0.1) is 0 Å². The van der Waals surface area contributed by atoms with Crippen LogP contribution in [0.25, 0.3) is 0 Å². The van der Waals surface area contributed by atoms with Gasteiger partial charge in [-0.05, 0) is 30.0 Å². The molecule has 2 aromatic carbocycles. The molecule has 0 aliphatic heterocycles. The maximum atomic E-state index is 13.5. The molecule has 2 unspecified atom stereocenters. The van der Waals surface area contributed by atoms with Crippen LogP contribution in [-0.4, -0.2) is 24.4 Å². The molecule has 2 aromatic rings. The summed E-state index contributed by atoms with van der Waals surface area (Å²) >= 11 is 0. The molecule has 25 heavy (non-hydrogen) atoms. The summed E-state index contributed by atoms with van der Waals surface area (Å²) in [5.41, 5.74) is 3.00. The molecule has 0 aliphatic carbocycles. The Labute approximate surface area is 149 Å². The molecule has 0 amide bonds. The molecule has 2 rings (SSSR count). The van der Waals surface area contributed by atoms with Crippen molar-refractivity contribution in [3.8, 4) is 0 Å². The topological polar surface area (TPSA) is 41.5 Å². The number of aliphatic hydroxyl groups excluding tert-OH is 1. The minimum Gasteiger partial charge on any atom is -0.389 e. The van der Waals surface area contributed by atoms with Crippen LogP contribution in [0.3, 0.4) is 0 Å². The zero-order chi connectivity index (χ0) is 18.2. The van der Waals surface area contributed by atoms with E-state index in [-0.39, 0.29) is 25.1 Å². The molecule has 0 aliphatic rings. The van der Waals surface area contributed by atoms with Crippen LogP contribution in [0.5, 0.6) is 0 Å². The molecule has 0 saturated heterocycles. The van der Waals surface area contributed by atoms with Crippen LogP contribution in [0.15, 0.2) is 48.5 Å². The van der Waals surface area contributed by atoms with Crippen molar-refractivity contribution in [2.75, 3.05) is 13.2 Å². The van der Waals surface area contributed by atoms with E-state index in [4.69, 9.17) is 4.74 Å². The van der Waals surface area contributed by atoms with Crippen molar-refractivity contribution in [3.05, 3.63) is 71.0 Å². The summed E-state index contributed by atoms with van der Waals surface area (Å²) in [5.74, 6) is 0.235. The predicted octanol–water partition coefficient (Wildman–Crippen LogP) is 4.18. The molecule has 136 valence electrons. The Balaban J connectivity index is 1.72. The first-order valence-electron chi connectivity index (χ1n) is 8.79. The van der Waals surface area contributed by atoms with Gasteiger partial charge in [0, 0.05) is 18.2 Å². The molecular formula is C21H28FNO2. The third kappa shape index (κ3) is 6.24. The molecule has 0 spiro atoms. The third-order valence-corrected chi connectivity index (χ3v) is 4.29. The van der Waals surface area contributed by atoms with Gasteiger partial charge in [-0.2, -0.15) is 0 Å². The standard InChI is InChI=1S/C21H28FNO2/c1-15(2)17-8-10-18(11-9-17)16(3)23-12-20(24)14-25-13-19-6-4-5-7-21(19)22/h4-11,15-16,20,23-24H,12-14H2,1-3H3. The van der Waals surface area contributed by atoms with E-state index in [9.17, 15) is 9.50 Å². The number of aliphatic hydroxyl groups is 1. The van der Waals surface area contributed by atoms with Crippen molar-refractivity contribution >= 4 is 0 Å². The van der Waals surface area contributed by atoms with E-state index in [2.05, 4.69) is 50.4 Å². The second-order valence-electron chi connectivity index (χ2n) is 6.71. The fourth-order valence-corrected chi connectivity index (χ4v) is 2.58. The average molecular weight is 345 g/mol. The molecule has 0 saturated carbocycles.